The van der Waals surface area contributed by atoms with Gasteiger partial charge in [0.1, 0.15) is 6.04 Å². The van der Waals surface area contributed by atoms with Crippen LogP contribution in [0.3, 0.4) is 0 Å². The Morgan fingerprint density at radius 2 is 1.70 bits per heavy atom. The fourth-order valence-corrected chi connectivity index (χ4v) is 3.53. The quantitative estimate of drug-likeness (QED) is 0.595. The number of rotatable bonds is 9. The molecule has 2 amide bonds. The lowest BCUT2D eigenvalue weighted by Crippen LogP contribution is -2.51. The molecule has 0 aliphatic rings. The number of carbonyl (C=O) groups excluding carboxylic acids is 2. The molecule has 1 N–H and O–H groups in total. The van der Waals surface area contributed by atoms with E-state index in [4.69, 9.17) is 11.6 Å². The molecule has 0 aliphatic heterocycles. The molecule has 2 atom stereocenters. The van der Waals surface area contributed by atoms with Crippen LogP contribution in [0, 0.1) is 13.8 Å². The van der Waals surface area contributed by atoms with E-state index in [9.17, 15) is 9.59 Å². The highest BCUT2D eigenvalue weighted by atomic mass is 35.5. The first-order valence-corrected chi connectivity index (χ1v) is 11.0. The molecule has 0 unspecified atom stereocenters. The number of aryl methyl sites for hydroxylation is 2. The van der Waals surface area contributed by atoms with Crippen molar-refractivity contribution in [2.24, 2.45) is 0 Å². The van der Waals surface area contributed by atoms with Crippen molar-refractivity contribution in [3.63, 3.8) is 0 Å². The maximum Gasteiger partial charge on any atom is 0.243 e. The first-order valence-electron chi connectivity index (χ1n) is 10.7. The Bertz CT molecular complexity index is 864. The molecule has 0 aliphatic carbocycles. The van der Waals surface area contributed by atoms with E-state index in [1.54, 1.807) is 4.90 Å². The van der Waals surface area contributed by atoms with Crippen LogP contribution in [-0.4, -0.2) is 28.8 Å². The molecular weight excluding hydrogens is 396 g/mol. The Hall–Kier alpha value is -2.33. The molecule has 0 saturated carbocycles. The number of amides is 2. The summed E-state index contributed by atoms with van der Waals surface area (Å²) < 4.78 is 0. The molecule has 30 heavy (non-hydrogen) atoms. The van der Waals surface area contributed by atoms with Crippen LogP contribution in [0.15, 0.2) is 42.5 Å². The van der Waals surface area contributed by atoms with Crippen LogP contribution in [0.2, 0.25) is 5.02 Å². The lowest BCUT2D eigenvalue weighted by molar-refractivity contribution is -0.141. The average Bonchev–Trinajstić information content (AvgIpc) is 2.71. The minimum atomic E-state index is -0.521. The molecule has 0 saturated heterocycles. The fourth-order valence-electron chi connectivity index (χ4n) is 3.40. The Balaban J connectivity index is 2.32. The second-order valence-corrected chi connectivity index (χ2v) is 8.43. The number of benzene rings is 2. The van der Waals surface area contributed by atoms with Gasteiger partial charge in [0, 0.05) is 17.6 Å². The van der Waals surface area contributed by atoms with Gasteiger partial charge in [-0.05, 0) is 62.4 Å². The number of nitrogens with one attached hydrogen (secondary N) is 1. The normalized spacial score (nSPS) is 12.9. The molecular formula is C25H33ClN2O2. The SMILES string of the molecule is CC[C@@H](C)NC(=O)[C@@H](CC)N(Cc1ccc(Cl)cc1)C(=O)Cc1cc(C)ccc1C. The van der Waals surface area contributed by atoms with Gasteiger partial charge in [-0.2, -0.15) is 0 Å². The molecule has 5 heteroatoms. The van der Waals surface area contributed by atoms with Gasteiger partial charge in [-0.25, -0.2) is 0 Å². The van der Waals surface area contributed by atoms with Crippen molar-refractivity contribution in [3.05, 3.63) is 69.7 Å². The maximum atomic E-state index is 13.4. The molecule has 2 rings (SSSR count). The summed E-state index contributed by atoms with van der Waals surface area (Å²) in [4.78, 5) is 28.1. The average molecular weight is 429 g/mol. The molecule has 0 heterocycles. The summed E-state index contributed by atoms with van der Waals surface area (Å²) in [6, 6.07) is 13.1. The van der Waals surface area contributed by atoms with Gasteiger partial charge in [0.2, 0.25) is 11.8 Å². The number of halogens is 1. The predicted molar refractivity (Wildman–Crippen MR) is 124 cm³/mol. The molecule has 2 aromatic rings. The van der Waals surface area contributed by atoms with Crippen molar-refractivity contribution in [3.8, 4) is 0 Å². The van der Waals surface area contributed by atoms with E-state index >= 15 is 0 Å². The summed E-state index contributed by atoms with van der Waals surface area (Å²) in [5.74, 6) is -0.153. The van der Waals surface area contributed by atoms with Crippen molar-refractivity contribution in [2.75, 3.05) is 0 Å². The molecule has 2 aromatic carbocycles. The van der Waals surface area contributed by atoms with E-state index < -0.39 is 6.04 Å². The zero-order valence-corrected chi connectivity index (χ0v) is 19.4. The Morgan fingerprint density at radius 1 is 1.03 bits per heavy atom. The smallest absolute Gasteiger partial charge is 0.243 e. The molecule has 4 nitrogen and oxygen atoms in total. The van der Waals surface area contributed by atoms with Crippen LogP contribution in [0.25, 0.3) is 0 Å². The van der Waals surface area contributed by atoms with Gasteiger partial charge in [-0.1, -0.05) is 61.3 Å². The maximum absolute atomic E-state index is 13.4. The topological polar surface area (TPSA) is 49.4 Å². The highest BCUT2D eigenvalue weighted by Crippen LogP contribution is 2.18. The van der Waals surface area contributed by atoms with E-state index in [0.29, 0.717) is 18.0 Å². The summed E-state index contributed by atoms with van der Waals surface area (Å²) in [5, 5.41) is 3.69. The van der Waals surface area contributed by atoms with E-state index in [-0.39, 0.29) is 24.3 Å². The third-order valence-electron chi connectivity index (χ3n) is 5.50. The highest BCUT2D eigenvalue weighted by molar-refractivity contribution is 6.30. The standard InChI is InChI=1S/C25H33ClN2O2/c1-6-19(5)27-25(30)23(7-2)28(16-20-10-12-22(26)13-11-20)24(29)15-21-14-17(3)8-9-18(21)4/h8-14,19,23H,6-7,15-16H2,1-5H3,(H,27,30)/t19-,23-/m1/s1. The molecule has 0 spiro atoms. The monoisotopic (exact) mass is 428 g/mol. The van der Waals surface area contributed by atoms with Gasteiger partial charge in [0.05, 0.1) is 6.42 Å². The number of carbonyl (C=O) groups is 2. The van der Waals surface area contributed by atoms with Crippen molar-refractivity contribution in [1.82, 2.24) is 10.2 Å². The minimum absolute atomic E-state index is 0.0511. The van der Waals surface area contributed by atoms with Crippen LogP contribution >= 0.6 is 11.6 Å². The summed E-state index contributed by atoms with van der Waals surface area (Å²) in [6.07, 6.45) is 1.67. The highest BCUT2D eigenvalue weighted by Gasteiger charge is 2.29. The summed E-state index contributed by atoms with van der Waals surface area (Å²) in [5.41, 5.74) is 4.15. The van der Waals surface area contributed by atoms with Gasteiger partial charge in [-0.3, -0.25) is 9.59 Å². The largest absolute Gasteiger partial charge is 0.352 e. The van der Waals surface area contributed by atoms with E-state index in [1.807, 2.05) is 77.1 Å². The van der Waals surface area contributed by atoms with Crippen molar-refractivity contribution >= 4 is 23.4 Å². The van der Waals surface area contributed by atoms with Crippen LogP contribution in [0.4, 0.5) is 0 Å². The second kappa shape index (κ2) is 11.2. The molecule has 0 fully saturated rings. The van der Waals surface area contributed by atoms with Crippen LogP contribution in [0.5, 0.6) is 0 Å². The number of hydrogen-bond acceptors (Lipinski definition) is 2. The third-order valence-corrected chi connectivity index (χ3v) is 5.75. The van der Waals surface area contributed by atoms with E-state index in [0.717, 1.165) is 28.7 Å². The lowest BCUT2D eigenvalue weighted by Gasteiger charge is -2.31. The Morgan fingerprint density at radius 3 is 2.30 bits per heavy atom. The molecule has 0 aromatic heterocycles. The summed E-state index contributed by atoms with van der Waals surface area (Å²) >= 11 is 6.02. The van der Waals surface area contributed by atoms with E-state index in [1.165, 1.54) is 0 Å². The summed E-state index contributed by atoms with van der Waals surface area (Å²) in [6.45, 7) is 10.4. The number of nitrogens with zero attached hydrogens (tertiary/aromatic N) is 1. The van der Waals surface area contributed by atoms with Crippen molar-refractivity contribution < 1.29 is 9.59 Å². The van der Waals surface area contributed by atoms with Gasteiger partial charge < -0.3 is 10.2 Å². The Kier molecular flexibility index (Phi) is 8.91. The lowest BCUT2D eigenvalue weighted by atomic mass is 10.0. The zero-order chi connectivity index (χ0) is 22.3. The minimum Gasteiger partial charge on any atom is -0.352 e. The Labute approximate surface area is 185 Å². The zero-order valence-electron chi connectivity index (χ0n) is 18.7. The fraction of sp³-hybridized carbons (Fsp3) is 0.440. The van der Waals surface area contributed by atoms with Crippen molar-refractivity contribution in [1.29, 1.82) is 0 Å². The molecule has 0 bridgehead atoms. The predicted octanol–water partition coefficient (Wildman–Crippen LogP) is 5.22. The molecule has 0 radical (unpaired) electrons. The van der Waals surface area contributed by atoms with Gasteiger partial charge in [-0.15, -0.1) is 0 Å². The first kappa shape index (κ1) is 23.9. The van der Waals surface area contributed by atoms with Gasteiger partial charge in [0.15, 0.2) is 0 Å². The van der Waals surface area contributed by atoms with Crippen LogP contribution < -0.4 is 5.32 Å². The van der Waals surface area contributed by atoms with Crippen LogP contribution in [-0.2, 0) is 22.6 Å². The van der Waals surface area contributed by atoms with Crippen molar-refractivity contribution in [2.45, 2.75) is 72.5 Å². The molecule has 162 valence electrons. The second-order valence-electron chi connectivity index (χ2n) is 8.00. The van der Waals surface area contributed by atoms with Gasteiger partial charge >= 0.3 is 0 Å². The first-order chi connectivity index (χ1) is 14.2. The van der Waals surface area contributed by atoms with E-state index in [2.05, 4.69) is 5.32 Å². The van der Waals surface area contributed by atoms with Crippen LogP contribution in [0.1, 0.15) is 55.9 Å². The van der Waals surface area contributed by atoms with Gasteiger partial charge in [0.25, 0.3) is 0 Å². The number of hydrogen-bond donors (Lipinski definition) is 1. The third kappa shape index (κ3) is 6.60. The summed E-state index contributed by atoms with van der Waals surface area (Å²) in [7, 11) is 0.